The van der Waals surface area contributed by atoms with Gasteiger partial charge in [0.15, 0.2) is 0 Å². The van der Waals surface area contributed by atoms with Crippen molar-refractivity contribution in [3.8, 4) is 0 Å². The van der Waals surface area contributed by atoms with Crippen LogP contribution in [-0.4, -0.2) is 52.0 Å². The summed E-state index contributed by atoms with van der Waals surface area (Å²) in [6.45, 7) is 5.46. The van der Waals surface area contributed by atoms with Gasteiger partial charge >= 0.3 is 0 Å². The third-order valence-electron chi connectivity index (χ3n) is 8.22. The van der Waals surface area contributed by atoms with Crippen molar-refractivity contribution in [1.29, 1.82) is 0 Å². The highest BCUT2D eigenvalue weighted by molar-refractivity contribution is 6.00. The molecule has 1 fully saturated rings. The molecule has 0 spiro atoms. The number of aliphatic hydroxyl groups excluding tert-OH is 1. The van der Waals surface area contributed by atoms with Crippen LogP contribution in [0, 0.1) is 13.8 Å². The van der Waals surface area contributed by atoms with Crippen molar-refractivity contribution in [2.24, 2.45) is 0 Å². The molecule has 0 saturated carbocycles. The summed E-state index contributed by atoms with van der Waals surface area (Å²) < 4.78 is 33.2. The Labute approximate surface area is 267 Å². The van der Waals surface area contributed by atoms with Crippen LogP contribution in [0.25, 0.3) is 0 Å². The molecular weight excluding hydrogens is 590 g/mol. The molecule has 2 heterocycles. The Balaban J connectivity index is 1.29. The van der Waals surface area contributed by atoms with Crippen molar-refractivity contribution >= 4 is 11.8 Å². The molecule has 242 valence electrons. The zero-order valence-electron chi connectivity index (χ0n) is 26.3. The first-order valence-electron chi connectivity index (χ1n) is 15.5. The minimum atomic E-state index is -2.95. The van der Waals surface area contributed by atoms with Gasteiger partial charge < -0.3 is 25.1 Å². The fourth-order valence-electron chi connectivity index (χ4n) is 5.86. The van der Waals surface area contributed by atoms with Crippen LogP contribution < -0.4 is 10.6 Å². The highest BCUT2D eigenvalue weighted by Gasteiger charge is 2.34. The van der Waals surface area contributed by atoms with E-state index < -0.39 is 24.0 Å². The fourth-order valence-corrected chi connectivity index (χ4v) is 5.86. The molecule has 8 nitrogen and oxygen atoms in total. The van der Waals surface area contributed by atoms with Gasteiger partial charge in [0, 0.05) is 43.2 Å². The van der Waals surface area contributed by atoms with Gasteiger partial charge in [0.25, 0.3) is 17.7 Å². The summed E-state index contributed by atoms with van der Waals surface area (Å²) in [6.07, 6.45) is 2.50. The highest BCUT2D eigenvalue weighted by atomic mass is 19.3. The first-order chi connectivity index (χ1) is 22.0. The van der Waals surface area contributed by atoms with Crippen molar-refractivity contribution in [2.45, 2.75) is 70.7 Å². The summed E-state index contributed by atoms with van der Waals surface area (Å²) in [4.78, 5) is 33.5. The summed E-state index contributed by atoms with van der Waals surface area (Å²) in [5.74, 6) is -3.06. The van der Waals surface area contributed by atoms with E-state index in [0.29, 0.717) is 35.5 Å². The summed E-state index contributed by atoms with van der Waals surface area (Å²) in [5.41, 5.74) is 3.70. The Morgan fingerprint density at radius 2 is 1.78 bits per heavy atom. The van der Waals surface area contributed by atoms with Crippen molar-refractivity contribution in [1.82, 2.24) is 20.5 Å². The molecule has 0 radical (unpaired) electrons. The second-order valence-corrected chi connectivity index (χ2v) is 12.1. The van der Waals surface area contributed by atoms with Gasteiger partial charge in [-0.05, 0) is 74.1 Å². The minimum Gasteiger partial charge on any atom is -0.446 e. The number of carbonyl (C=O) groups excluding carboxylic acids is 2. The van der Waals surface area contributed by atoms with Crippen molar-refractivity contribution in [3.63, 3.8) is 0 Å². The first-order valence-corrected chi connectivity index (χ1v) is 15.5. The molecule has 3 N–H and O–H groups in total. The quantitative estimate of drug-likeness (QED) is 0.181. The van der Waals surface area contributed by atoms with E-state index >= 15 is 0 Å². The molecule has 1 saturated heterocycles. The van der Waals surface area contributed by atoms with Crippen LogP contribution in [0.2, 0.25) is 0 Å². The second-order valence-electron chi connectivity index (χ2n) is 12.1. The van der Waals surface area contributed by atoms with Gasteiger partial charge in [0.05, 0.1) is 17.8 Å². The van der Waals surface area contributed by atoms with Gasteiger partial charge in [-0.2, -0.15) is 0 Å². The van der Waals surface area contributed by atoms with Crippen molar-refractivity contribution in [3.05, 3.63) is 124 Å². The monoisotopic (exact) mass is 630 g/mol. The molecule has 3 aromatic carbocycles. The zero-order valence-corrected chi connectivity index (χ0v) is 26.3. The number of benzene rings is 3. The molecular formula is C36H40F2N4O4. The predicted octanol–water partition coefficient (Wildman–Crippen LogP) is 5.87. The molecule has 10 heteroatoms. The maximum atomic E-state index is 13.8. The number of aliphatic hydroxyl groups is 1. The van der Waals surface area contributed by atoms with E-state index in [9.17, 15) is 23.5 Å². The normalized spacial score (nSPS) is 16.3. The van der Waals surface area contributed by atoms with Crippen LogP contribution in [0.5, 0.6) is 0 Å². The third-order valence-corrected chi connectivity index (χ3v) is 8.22. The average Bonchev–Trinajstić information content (AvgIpc) is 3.69. The first kappa shape index (κ1) is 33.0. The molecule has 1 aromatic heterocycles. The van der Waals surface area contributed by atoms with Gasteiger partial charge in [-0.1, -0.05) is 48.5 Å². The van der Waals surface area contributed by atoms with Gasteiger partial charge in [-0.25, -0.2) is 13.8 Å². The molecule has 5 rings (SSSR count). The number of aryl methyl sites for hydroxylation is 2. The SMILES string of the molecule is Cc1cc(C(=O)N[C@@H](Cc2ccccc2)[C@@H](O)CNCc2cccc(C(C)(F)F)c2)cc(C(=O)N2CCC[C@@H]2c2nc(C)co2)c1. The Morgan fingerprint density at radius 1 is 1.04 bits per heavy atom. The van der Waals surface area contributed by atoms with Crippen LogP contribution >= 0.6 is 0 Å². The smallest absolute Gasteiger partial charge is 0.270 e. The van der Waals surface area contributed by atoms with E-state index in [0.717, 1.165) is 36.6 Å². The number of halogens is 2. The fraction of sp³-hybridized carbons (Fsp3) is 0.361. The molecule has 1 aliphatic heterocycles. The molecule has 0 unspecified atom stereocenters. The van der Waals surface area contributed by atoms with Crippen molar-refractivity contribution in [2.75, 3.05) is 13.1 Å². The Morgan fingerprint density at radius 3 is 2.50 bits per heavy atom. The van der Waals surface area contributed by atoms with Crippen LogP contribution in [0.3, 0.4) is 0 Å². The number of alkyl halides is 2. The van der Waals surface area contributed by atoms with Gasteiger partial charge in [0.1, 0.15) is 12.3 Å². The van der Waals surface area contributed by atoms with E-state index in [1.165, 1.54) is 12.1 Å². The van der Waals surface area contributed by atoms with E-state index in [1.54, 1.807) is 41.5 Å². The van der Waals surface area contributed by atoms with Crippen LogP contribution in [0.1, 0.15) is 80.4 Å². The average molecular weight is 631 g/mol. The van der Waals surface area contributed by atoms with Crippen LogP contribution in [-0.2, 0) is 18.9 Å². The Bertz CT molecular complexity index is 1650. The number of nitrogens with zero attached hydrogens (tertiary/aromatic N) is 2. The predicted molar refractivity (Wildman–Crippen MR) is 171 cm³/mol. The van der Waals surface area contributed by atoms with Gasteiger partial charge in [-0.15, -0.1) is 0 Å². The van der Waals surface area contributed by atoms with E-state index in [-0.39, 0.29) is 30.6 Å². The second kappa shape index (κ2) is 14.3. The Kier molecular flexibility index (Phi) is 10.3. The number of rotatable bonds is 12. The molecule has 0 bridgehead atoms. The summed E-state index contributed by atoms with van der Waals surface area (Å²) in [6, 6.07) is 19.8. The maximum Gasteiger partial charge on any atom is 0.270 e. The van der Waals surface area contributed by atoms with Crippen molar-refractivity contribution < 1.29 is 27.9 Å². The Hall–Kier alpha value is -4.41. The lowest BCUT2D eigenvalue weighted by Crippen LogP contribution is -2.48. The molecule has 2 amide bonds. The van der Waals surface area contributed by atoms with E-state index in [1.807, 2.05) is 44.2 Å². The molecule has 3 atom stereocenters. The lowest BCUT2D eigenvalue weighted by atomic mass is 9.99. The van der Waals surface area contributed by atoms with Crippen LogP contribution in [0.15, 0.2) is 83.5 Å². The third kappa shape index (κ3) is 8.24. The van der Waals surface area contributed by atoms with Crippen LogP contribution in [0.4, 0.5) is 8.78 Å². The molecule has 0 aliphatic carbocycles. The summed E-state index contributed by atoms with van der Waals surface area (Å²) in [7, 11) is 0. The lowest BCUT2D eigenvalue weighted by Gasteiger charge is -2.25. The minimum absolute atomic E-state index is 0.0782. The number of hydrogen-bond acceptors (Lipinski definition) is 6. The zero-order chi connectivity index (χ0) is 32.8. The summed E-state index contributed by atoms with van der Waals surface area (Å²) in [5, 5.41) is 17.4. The number of oxazole rings is 1. The standard InChI is InChI=1S/C36H40F2N4O4/c1-23-15-27(19-28(16-23)35(45)42-14-8-13-31(42)34-40-24(2)22-46-34)33(44)41-30(18-25-9-5-4-6-10-25)32(43)21-39-20-26-11-7-12-29(17-26)36(3,37)38/h4-7,9-12,15-17,19,22,30-32,39,43H,8,13-14,18,20-21H2,1-3H3,(H,41,44)/t30-,31+,32-/m0/s1. The lowest BCUT2D eigenvalue weighted by molar-refractivity contribution is 0.0173. The van der Waals surface area contributed by atoms with Gasteiger partial charge in [-0.3, -0.25) is 9.59 Å². The topological polar surface area (TPSA) is 108 Å². The number of hydrogen-bond donors (Lipinski definition) is 3. The number of carbonyl (C=O) groups is 2. The van der Waals surface area contributed by atoms with E-state index in [4.69, 9.17) is 4.42 Å². The van der Waals surface area contributed by atoms with Gasteiger partial charge in [0.2, 0.25) is 5.89 Å². The molecule has 4 aromatic rings. The molecule has 46 heavy (non-hydrogen) atoms. The largest absolute Gasteiger partial charge is 0.446 e. The number of nitrogens with one attached hydrogen (secondary N) is 2. The number of amides is 2. The summed E-state index contributed by atoms with van der Waals surface area (Å²) >= 11 is 0. The number of likely N-dealkylation sites (tertiary alicyclic amines) is 1. The maximum absolute atomic E-state index is 13.8. The molecule has 1 aliphatic rings. The highest BCUT2D eigenvalue weighted by Crippen LogP contribution is 2.33. The number of aromatic nitrogens is 1. The van der Waals surface area contributed by atoms with E-state index in [2.05, 4.69) is 15.6 Å².